The summed E-state index contributed by atoms with van der Waals surface area (Å²) in [6, 6.07) is 10.2. The zero-order valence-electron chi connectivity index (χ0n) is 20.0. The second-order valence-electron chi connectivity index (χ2n) is 9.30. The molecule has 0 radical (unpaired) electrons. The van der Waals surface area contributed by atoms with Gasteiger partial charge in [0.15, 0.2) is 12.4 Å². The number of likely N-dealkylation sites (tertiary alicyclic amines) is 1. The normalized spacial score (nSPS) is 15.6. The first-order valence-corrected chi connectivity index (χ1v) is 11.7. The minimum absolute atomic E-state index is 0.0338. The number of halogens is 1. The first-order valence-electron chi connectivity index (χ1n) is 11.7. The Morgan fingerprint density at radius 3 is 2.44 bits per heavy atom. The van der Waals surface area contributed by atoms with Crippen molar-refractivity contribution >= 4 is 5.91 Å². The van der Waals surface area contributed by atoms with Crippen molar-refractivity contribution in [2.24, 2.45) is 13.0 Å². The van der Waals surface area contributed by atoms with E-state index in [0.29, 0.717) is 29.3 Å². The number of pyridine rings is 1. The summed E-state index contributed by atoms with van der Waals surface area (Å²) in [6.45, 7) is 4.16. The third-order valence-electron chi connectivity index (χ3n) is 6.88. The Balaban J connectivity index is 1.47. The highest BCUT2D eigenvalue weighted by Gasteiger charge is 2.31. The molecule has 3 heterocycles. The predicted octanol–water partition coefficient (Wildman–Crippen LogP) is 3.10. The molecule has 0 spiro atoms. The summed E-state index contributed by atoms with van der Waals surface area (Å²) in [5.74, 6) is 0.138. The molecule has 8 heteroatoms. The van der Waals surface area contributed by atoms with Gasteiger partial charge >= 0.3 is 0 Å². The van der Waals surface area contributed by atoms with Crippen LogP contribution in [0.5, 0.6) is 0 Å². The van der Waals surface area contributed by atoms with Crippen molar-refractivity contribution in [1.82, 2.24) is 19.6 Å². The van der Waals surface area contributed by atoms with E-state index in [4.69, 9.17) is 0 Å². The van der Waals surface area contributed by atoms with E-state index in [1.807, 2.05) is 35.7 Å². The highest BCUT2D eigenvalue weighted by Crippen LogP contribution is 2.28. The molecule has 1 aliphatic heterocycles. The van der Waals surface area contributed by atoms with E-state index in [1.54, 1.807) is 12.1 Å². The molecule has 1 aliphatic rings. The first-order chi connectivity index (χ1) is 16.3. The van der Waals surface area contributed by atoms with Crippen LogP contribution in [0.4, 0.5) is 4.39 Å². The molecule has 1 fully saturated rings. The fourth-order valence-corrected chi connectivity index (χ4v) is 4.96. The third kappa shape index (κ3) is 5.62. The van der Waals surface area contributed by atoms with Gasteiger partial charge in [-0.3, -0.25) is 14.4 Å². The summed E-state index contributed by atoms with van der Waals surface area (Å²) in [6.07, 6.45) is 7.37. The molecule has 0 saturated carbocycles. The zero-order valence-corrected chi connectivity index (χ0v) is 20.0. The van der Waals surface area contributed by atoms with Crippen molar-refractivity contribution in [3.8, 4) is 0 Å². The second kappa shape index (κ2) is 10.3. The van der Waals surface area contributed by atoms with Gasteiger partial charge < -0.3 is 10.1 Å². The van der Waals surface area contributed by atoms with Crippen molar-refractivity contribution in [3.63, 3.8) is 0 Å². The maximum Gasteiger partial charge on any atom is 0.254 e. The summed E-state index contributed by atoms with van der Waals surface area (Å²) < 4.78 is 16.0. The van der Waals surface area contributed by atoms with Gasteiger partial charge in [0.25, 0.3) is 5.91 Å². The van der Waals surface area contributed by atoms with Crippen LogP contribution in [0.1, 0.15) is 40.0 Å². The maximum atomic E-state index is 13.5. The Labute approximate surface area is 200 Å². The van der Waals surface area contributed by atoms with Crippen LogP contribution in [0.3, 0.4) is 0 Å². The van der Waals surface area contributed by atoms with Gasteiger partial charge in [-0.1, -0.05) is 12.1 Å². The summed E-state index contributed by atoms with van der Waals surface area (Å²) >= 11 is 0. The number of aromatic nitrogens is 3. The number of carbonyl (C=O) groups is 1. The van der Waals surface area contributed by atoms with Crippen LogP contribution < -0.4 is 4.73 Å². The average molecular weight is 466 g/mol. The minimum atomic E-state index is -0.227. The largest absolute Gasteiger partial charge is 0.619 e. The Morgan fingerprint density at radius 2 is 1.85 bits per heavy atom. The predicted molar refractivity (Wildman–Crippen MR) is 127 cm³/mol. The minimum Gasteiger partial charge on any atom is -0.619 e. The van der Waals surface area contributed by atoms with Gasteiger partial charge in [-0.2, -0.15) is 9.83 Å². The quantitative estimate of drug-likeness (QED) is 0.397. The van der Waals surface area contributed by atoms with Crippen molar-refractivity contribution in [2.75, 3.05) is 20.1 Å². The van der Waals surface area contributed by atoms with Crippen molar-refractivity contribution in [3.05, 3.63) is 88.4 Å². The van der Waals surface area contributed by atoms with Gasteiger partial charge in [-0.05, 0) is 56.8 Å². The smallest absolute Gasteiger partial charge is 0.254 e. The molecular formula is C26H32FN5O2. The van der Waals surface area contributed by atoms with Crippen LogP contribution in [-0.4, -0.2) is 51.7 Å². The Hall–Kier alpha value is -3.26. The SMILES string of the molecule is Cc1nn(C)cc1CN(C)[C@H](Cc1ccc(F)cc1)C1CCN(C(=O)c2cc[n+]([O-])cc2)CC1. The van der Waals surface area contributed by atoms with Gasteiger partial charge in [0.1, 0.15) is 5.82 Å². The van der Waals surface area contributed by atoms with E-state index in [2.05, 4.69) is 23.2 Å². The summed E-state index contributed by atoms with van der Waals surface area (Å²) in [5.41, 5.74) is 3.87. The highest BCUT2D eigenvalue weighted by atomic mass is 19.1. The molecule has 0 aliphatic carbocycles. The second-order valence-corrected chi connectivity index (χ2v) is 9.30. The van der Waals surface area contributed by atoms with Crippen LogP contribution in [0, 0.1) is 23.9 Å². The van der Waals surface area contributed by atoms with E-state index < -0.39 is 0 Å². The molecular weight excluding hydrogens is 433 g/mol. The van der Waals surface area contributed by atoms with Gasteiger partial charge in [0, 0.05) is 56.6 Å². The Kier molecular flexibility index (Phi) is 7.26. The lowest BCUT2D eigenvalue weighted by molar-refractivity contribution is -0.605. The summed E-state index contributed by atoms with van der Waals surface area (Å²) in [4.78, 5) is 17.1. The molecule has 3 aromatic rings. The number of likely N-dealkylation sites (N-methyl/N-ethyl adjacent to an activating group) is 1. The average Bonchev–Trinajstić information content (AvgIpc) is 3.15. The van der Waals surface area contributed by atoms with Crippen molar-refractivity contribution in [2.45, 2.75) is 38.8 Å². The fourth-order valence-electron chi connectivity index (χ4n) is 4.96. The zero-order chi connectivity index (χ0) is 24.2. The molecule has 34 heavy (non-hydrogen) atoms. The van der Waals surface area contributed by atoms with Crippen LogP contribution in [-0.2, 0) is 20.0 Å². The number of piperidine rings is 1. The van der Waals surface area contributed by atoms with Crippen LogP contribution in [0.25, 0.3) is 0 Å². The molecule has 2 aromatic heterocycles. The number of rotatable bonds is 7. The summed E-state index contributed by atoms with van der Waals surface area (Å²) in [7, 11) is 4.07. The standard InChI is InChI=1S/C26H32FN5O2/c1-19-23(18-30(3)28-19)17-29(2)25(16-20-4-6-24(27)7-5-20)21-8-12-31(13-9-21)26(33)22-10-14-32(34)15-11-22/h4-7,10-11,14-15,18,21,25H,8-9,12-13,16-17H2,1-3H3/t25-/m1/s1. The highest BCUT2D eigenvalue weighted by molar-refractivity contribution is 5.94. The van der Waals surface area contributed by atoms with E-state index in [1.165, 1.54) is 30.1 Å². The van der Waals surface area contributed by atoms with Crippen molar-refractivity contribution < 1.29 is 13.9 Å². The topological polar surface area (TPSA) is 68.3 Å². The number of benzene rings is 1. The maximum absolute atomic E-state index is 13.5. The molecule has 0 N–H and O–H groups in total. The van der Waals surface area contributed by atoms with E-state index in [0.717, 1.165) is 37.1 Å². The number of aryl methyl sites for hydroxylation is 2. The van der Waals surface area contributed by atoms with Crippen LogP contribution in [0.2, 0.25) is 0 Å². The van der Waals surface area contributed by atoms with Crippen LogP contribution in [0.15, 0.2) is 55.0 Å². The lowest BCUT2D eigenvalue weighted by Crippen LogP contribution is -2.46. The molecule has 180 valence electrons. The Morgan fingerprint density at radius 1 is 1.21 bits per heavy atom. The number of carbonyl (C=O) groups excluding carboxylic acids is 1. The van der Waals surface area contributed by atoms with Crippen LogP contribution >= 0.6 is 0 Å². The number of hydrogen-bond donors (Lipinski definition) is 0. The molecule has 4 rings (SSSR count). The van der Waals surface area contributed by atoms with Gasteiger partial charge in [0.05, 0.1) is 11.3 Å². The van der Waals surface area contributed by atoms with E-state index >= 15 is 0 Å². The van der Waals surface area contributed by atoms with Crippen molar-refractivity contribution in [1.29, 1.82) is 0 Å². The monoisotopic (exact) mass is 465 g/mol. The molecule has 7 nitrogen and oxygen atoms in total. The first kappa shape index (κ1) is 23.9. The van der Waals surface area contributed by atoms with Gasteiger partial charge in [0.2, 0.25) is 0 Å². The number of amides is 1. The fraction of sp³-hybridized carbons (Fsp3) is 0.423. The van der Waals surface area contributed by atoms with E-state index in [-0.39, 0.29) is 17.8 Å². The number of hydrogen-bond acceptors (Lipinski definition) is 4. The lowest BCUT2D eigenvalue weighted by Gasteiger charge is -2.40. The third-order valence-corrected chi connectivity index (χ3v) is 6.88. The number of nitrogens with zero attached hydrogens (tertiary/aromatic N) is 5. The molecule has 0 bridgehead atoms. The van der Waals surface area contributed by atoms with Gasteiger partial charge in [-0.25, -0.2) is 4.39 Å². The van der Waals surface area contributed by atoms with E-state index in [9.17, 15) is 14.4 Å². The molecule has 1 saturated heterocycles. The Bertz CT molecular complexity index is 1110. The molecule has 1 atom stereocenters. The molecule has 1 amide bonds. The van der Waals surface area contributed by atoms with Gasteiger partial charge in [-0.15, -0.1) is 0 Å². The molecule has 0 unspecified atom stereocenters. The summed E-state index contributed by atoms with van der Waals surface area (Å²) in [5, 5.41) is 15.8. The lowest BCUT2D eigenvalue weighted by atomic mass is 9.84. The molecule has 1 aromatic carbocycles.